The van der Waals surface area contributed by atoms with Gasteiger partial charge in [0.1, 0.15) is 13.2 Å². The van der Waals surface area contributed by atoms with Crippen LogP contribution in [0, 0.1) is 0 Å². The molecule has 0 fully saturated rings. The van der Waals surface area contributed by atoms with E-state index in [0.29, 0.717) is 25.7 Å². The van der Waals surface area contributed by atoms with Crippen molar-refractivity contribution in [2.75, 3.05) is 13.2 Å². The Bertz CT molecular complexity index is 1030. The molecule has 0 aliphatic carbocycles. The average molecular weight is 739 g/mol. The number of hydrogen-bond donors (Lipinski definition) is 0. The lowest BCUT2D eigenvalue weighted by Crippen LogP contribution is -2.30. The van der Waals surface area contributed by atoms with Crippen molar-refractivity contribution in [3.8, 4) is 0 Å². The monoisotopic (exact) mass is 739 g/mol. The summed E-state index contributed by atoms with van der Waals surface area (Å²) < 4.78 is 16.6. The molecule has 0 N–H and O–H groups in total. The van der Waals surface area contributed by atoms with Crippen LogP contribution >= 0.6 is 0 Å². The van der Waals surface area contributed by atoms with Crippen molar-refractivity contribution in [1.29, 1.82) is 0 Å². The number of rotatable bonds is 37. The summed E-state index contributed by atoms with van der Waals surface area (Å²) in [7, 11) is 0. The number of esters is 3. The van der Waals surface area contributed by atoms with Gasteiger partial charge in [0, 0.05) is 19.3 Å². The van der Waals surface area contributed by atoms with Gasteiger partial charge in [0.25, 0.3) is 0 Å². The van der Waals surface area contributed by atoms with Gasteiger partial charge >= 0.3 is 17.9 Å². The normalized spacial score (nSPS) is 12.7. The van der Waals surface area contributed by atoms with E-state index in [1.54, 1.807) is 0 Å². The standard InChI is InChI=1S/C47H78O6/c1-4-7-10-13-16-19-21-22-23-24-26-28-31-34-37-40-46(49)52-43-44(42-51-45(48)39-36-33-30-27-18-15-12-9-6-3)53-47(50)41-38-35-32-29-25-20-17-14-11-8-5-2/h7,10,13-14,16-17,19,21-23,27,30,44H,4-6,8-9,11-12,15,18,20,24-26,28-29,31-43H2,1-3H3/b10-7-,16-13-,17-14-,21-19-,23-22-,30-27-. The van der Waals surface area contributed by atoms with Gasteiger partial charge in [-0.05, 0) is 77.0 Å². The number of hydrogen-bond acceptors (Lipinski definition) is 6. The molecule has 0 aromatic carbocycles. The quantitative estimate of drug-likeness (QED) is 0.0208. The molecule has 0 aliphatic rings. The van der Waals surface area contributed by atoms with E-state index in [2.05, 4.69) is 69.4 Å². The lowest BCUT2D eigenvalue weighted by molar-refractivity contribution is -0.167. The molecule has 6 nitrogen and oxygen atoms in total. The van der Waals surface area contributed by atoms with Crippen LogP contribution in [0.3, 0.4) is 0 Å². The van der Waals surface area contributed by atoms with Crippen LogP contribution in [0.25, 0.3) is 0 Å². The van der Waals surface area contributed by atoms with Crippen LogP contribution in [0.1, 0.15) is 188 Å². The molecule has 0 bridgehead atoms. The Kier molecular flexibility index (Phi) is 39.1. The van der Waals surface area contributed by atoms with Crippen molar-refractivity contribution >= 4 is 17.9 Å². The van der Waals surface area contributed by atoms with E-state index in [1.807, 2.05) is 24.3 Å². The van der Waals surface area contributed by atoms with E-state index >= 15 is 0 Å². The zero-order valence-corrected chi connectivity index (χ0v) is 34.3. The molecule has 0 spiro atoms. The number of carbonyl (C=O) groups excluding carboxylic acids is 3. The van der Waals surface area contributed by atoms with E-state index in [-0.39, 0.29) is 31.1 Å². The summed E-state index contributed by atoms with van der Waals surface area (Å²) in [4.78, 5) is 37.6. The van der Waals surface area contributed by atoms with Gasteiger partial charge in [-0.25, -0.2) is 0 Å². The number of allylic oxidation sites excluding steroid dienone is 12. The molecule has 53 heavy (non-hydrogen) atoms. The summed E-state index contributed by atoms with van der Waals surface area (Å²) in [5.41, 5.74) is 0. The van der Waals surface area contributed by atoms with Crippen LogP contribution in [0.2, 0.25) is 0 Å². The smallest absolute Gasteiger partial charge is 0.306 e. The van der Waals surface area contributed by atoms with Gasteiger partial charge < -0.3 is 14.2 Å². The van der Waals surface area contributed by atoms with Crippen molar-refractivity contribution in [3.63, 3.8) is 0 Å². The molecule has 0 radical (unpaired) electrons. The zero-order valence-electron chi connectivity index (χ0n) is 34.3. The molecule has 302 valence electrons. The second kappa shape index (κ2) is 41.6. The Hall–Kier alpha value is -3.15. The minimum Gasteiger partial charge on any atom is -0.462 e. The van der Waals surface area contributed by atoms with Gasteiger partial charge in [-0.1, -0.05) is 164 Å². The van der Waals surface area contributed by atoms with Crippen molar-refractivity contribution in [3.05, 3.63) is 72.9 Å². The fourth-order valence-corrected chi connectivity index (χ4v) is 5.49. The first-order chi connectivity index (χ1) is 26.0. The summed E-state index contributed by atoms with van der Waals surface area (Å²) in [6, 6.07) is 0. The highest BCUT2D eigenvalue weighted by Gasteiger charge is 2.19. The minimum atomic E-state index is -0.797. The van der Waals surface area contributed by atoms with Gasteiger partial charge in [-0.3, -0.25) is 14.4 Å². The van der Waals surface area contributed by atoms with Crippen LogP contribution < -0.4 is 0 Å². The third-order valence-electron chi connectivity index (χ3n) is 8.76. The van der Waals surface area contributed by atoms with Gasteiger partial charge in [-0.2, -0.15) is 0 Å². The van der Waals surface area contributed by atoms with Crippen LogP contribution in [0.5, 0.6) is 0 Å². The molecular formula is C47H78O6. The SMILES string of the molecule is CC\C=C/C=C\C=C/C=C\CCCCCCCC(=O)OCC(COC(=O)CCC/C=C\CCCCCC)OC(=O)CCCCCCC/C=C\CCCC. The summed E-state index contributed by atoms with van der Waals surface area (Å²) in [5.74, 6) is -0.978. The van der Waals surface area contributed by atoms with E-state index < -0.39 is 6.10 Å². The largest absolute Gasteiger partial charge is 0.462 e. The molecule has 6 heteroatoms. The molecule has 1 atom stereocenters. The minimum absolute atomic E-state index is 0.101. The molecule has 0 rings (SSSR count). The van der Waals surface area contributed by atoms with Crippen molar-refractivity contribution in [2.45, 2.75) is 194 Å². The zero-order chi connectivity index (χ0) is 38.7. The maximum Gasteiger partial charge on any atom is 0.306 e. The highest BCUT2D eigenvalue weighted by atomic mass is 16.6. The fraction of sp³-hybridized carbons (Fsp3) is 0.681. The Balaban J connectivity index is 4.45. The highest BCUT2D eigenvalue weighted by molar-refractivity contribution is 5.71. The third-order valence-corrected chi connectivity index (χ3v) is 8.76. The molecule has 0 aromatic rings. The fourth-order valence-electron chi connectivity index (χ4n) is 5.49. The summed E-state index contributed by atoms with van der Waals surface area (Å²) >= 11 is 0. The van der Waals surface area contributed by atoms with E-state index in [0.717, 1.165) is 89.9 Å². The first kappa shape index (κ1) is 49.9. The maximum atomic E-state index is 12.7. The van der Waals surface area contributed by atoms with E-state index in [9.17, 15) is 14.4 Å². The predicted molar refractivity (Wildman–Crippen MR) is 224 cm³/mol. The Morgan fingerprint density at radius 3 is 1.34 bits per heavy atom. The van der Waals surface area contributed by atoms with Crippen LogP contribution in [-0.2, 0) is 28.6 Å². The molecule has 0 aliphatic heterocycles. The van der Waals surface area contributed by atoms with Crippen molar-refractivity contribution in [1.82, 2.24) is 0 Å². The van der Waals surface area contributed by atoms with E-state index in [4.69, 9.17) is 14.2 Å². The maximum absolute atomic E-state index is 12.7. The first-order valence-electron chi connectivity index (χ1n) is 21.5. The lowest BCUT2D eigenvalue weighted by Gasteiger charge is -2.18. The topological polar surface area (TPSA) is 78.9 Å². The summed E-state index contributed by atoms with van der Waals surface area (Å²) in [6.45, 7) is 6.34. The summed E-state index contributed by atoms with van der Waals surface area (Å²) in [6.07, 6.45) is 50.3. The van der Waals surface area contributed by atoms with Gasteiger partial charge in [0.2, 0.25) is 0 Å². The predicted octanol–water partition coefficient (Wildman–Crippen LogP) is 13.5. The highest BCUT2D eigenvalue weighted by Crippen LogP contribution is 2.12. The molecule has 0 aromatic heterocycles. The average Bonchev–Trinajstić information content (AvgIpc) is 3.15. The van der Waals surface area contributed by atoms with Crippen LogP contribution in [-0.4, -0.2) is 37.2 Å². The number of carbonyl (C=O) groups is 3. The van der Waals surface area contributed by atoms with E-state index in [1.165, 1.54) is 51.4 Å². The Morgan fingerprint density at radius 1 is 0.396 bits per heavy atom. The van der Waals surface area contributed by atoms with Gasteiger partial charge in [0.05, 0.1) is 0 Å². The lowest BCUT2D eigenvalue weighted by atomic mass is 10.1. The second-order valence-electron chi connectivity index (χ2n) is 14.0. The first-order valence-corrected chi connectivity index (χ1v) is 21.5. The molecule has 0 saturated heterocycles. The number of unbranched alkanes of at least 4 members (excludes halogenated alkanes) is 17. The molecule has 0 heterocycles. The van der Waals surface area contributed by atoms with Gasteiger partial charge in [0.15, 0.2) is 6.10 Å². The Labute approximate surface area is 325 Å². The van der Waals surface area contributed by atoms with Crippen molar-refractivity contribution in [2.24, 2.45) is 0 Å². The Morgan fingerprint density at radius 2 is 0.792 bits per heavy atom. The number of ether oxygens (including phenoxy) is 3. The van der Waals surface area contributed by atoms with Crippen LogP contribution in [0.4, 0.5) is 0 Å². The second-order valence-corrected chi connectivity index (χ2v) is 14.0. The van der Waals surface area contributed by atoms with Crippen molar-refractivity contribution < 1.29 is 28.6 Å². The van der Waals surface area contributed by atoms with Crippen LogP contribution in [0.15, 0.2) is 72.9 Å². The molecule has 0 amide bonds. The molecular weight excluding hydrogens is 661 g/mol. The molecule has 1 unspecified atom stereocenters. The third kappa shape index (κ3) is 39.9. The molecule has 0 saturated carbocycles. The van der Waals surface area contributed by atoms with Gasteiger partial charge in [-0.15, -0.1) is 0 Å². The summed E-state index contributed by atoms with van der Waals surface area (Å²) in [5, 5.41) is 0.